The van der Waals surface area contributed by atoms with Crippen LogP contribution in [0.5, 0.6) is 0 Å². The highest BCUT2D eigenvalue weighted by atomic mass is 16.6. The molecule has 0 saturated carbocycles. The van der Waals surface area contributed by atoms with Crippen LogP contribution in [-0.4, -0.2) is 37.2 Å². The van der Waals surface area contributed by atoms with Gasteiger partial charge in [-0.1, -0.05) is 304 Å². The van der Waals surface area contributed by atoms with E-state index < -0.39 is 6.10 Å². The number of carbonyl (C=O) groups excluding carboxylic acids is 3. The highest BCUT2D eigenvalue weighted by molar-refractivity contribution is 5.71. The van der Waals surface area contributed by atoms with Gasteiger partial charge in [0.2, 0.25) is 0 Å². The van der Waals surface area contributed by atoms with Crippen molar-refractivity contribution in [1.29, 1.82) is 0 Å². The molecule has 6 heteroatoms. The van der Waals surface area contributed by atoms with Gasteiger partial charge in [0, 0.05) is 19.3 Å². The Labute approximate surface area is 508 Å². The number of unbranched alkanes of at least 4 members (excludes halogenated alkanes) is 37. The predicted molar refractivity (Wildman–Crippen MR) is 357 cm³/mol. The zero-order valence-electron chi connectivity index (χ0n) is 54.2. The Morgan fingerprint density at radius 1 is 0.256 bits per heavy atom. The summed E-state index contributed by atoms with van der Waals surface area (Å²) in [5.41, 5.74) is 0. The van der Waals surface area contributed by atoms with Crippen molar-refractivity contribution in [2.45, 2.75) is 354 Å². The van der Waals surface area contributed by atoms with Crippen LogP contribution in [-0.2, 0) is 28.6 Å². The number of carbonyl (C=O) groups is 3. The molecule has 0 bridgehead atoms. The molecular formula is C76H132O6. The van der Waals surface area contributed by atoms with Crippen LogP contribution in [0.15, 0.2) is 97.2 Å². The van der Waals surface area contributed by atoms with Crippen LogP contribution in [0.2, 0.25) is 0 Å². The molecule has 0 rings (SSSR count). The third-order valence-corrected chi connectivity index (χ3v) is 15.3. The van der Waals surface area contributed by atoms with E-state index in [0.717, 1.165) is 116 Å². The normalized spacial score (nSPS) is 12.7. The number of esters is 3. The molecule has 0 heterocycles. The first-order chi connectivity index (χ1) is 40.5. The van der Waals surface area contributed by atoms with E-state index in [0.29, 0.717) is 19.3 Å². The average Bonchev–Trinajstić information content (AvgIpc) is 3.47. The lowest BCUT2D eigenvalue weighted by molar-refractivity contribution is -0.167. The molecule has 0 aliphatic rings. The van der Waals surface area contributed by atoms with Gasteiger partial charge in [-0.15, -0.1) is 0 Å². The summed E-state index contributed by atoms with van der Waals surface area (Å²) in [7, 11) is 0. The minimum absolute atomic E-state index is 0.0853. The fourth-order valence-corrected chi connectivity index (χ4v) is 10.0. The molecule has 1 atom stereocenters. The van der Waals surface area contributed by atoms with Gasteiger partial charge in [0.1, 0.15) is 13.2 Å². The Morgan fingerprint density at radius 2 is 0.476 bits per heavy atom. The van der Waals surface area contributed by atoms with Crippen molar-refractivity contribution in [3.05, 3.63) is 97.2 Å². The number of hydrogen-bond acceptors (Lipinski definition) is 6. The Hall–Kier alpha value is -3.67. The van der Waals surface area contributed by atoms with Crippen molar-refractivity contribution < 1.29 is 28.6 Å². The Morgan fingerprint density at radius 3 is 0.768 bits per heavy atom. The van der Waals surface area contributed by atoms with Crippen LogP contribution in [0.3, 0.4) is 0 Å². The molecule has 0 amide bonds. The van der Waals surface area contributed by atoms with E-state index in [1.807, 2.05) is 0 Å². The van der Waals surface area contributed by atoms with Crippen LogP contribution in [0.1, 0.15) is 348 Å². The Balaban J connectivity index is 4.37. The first-order valence-electron chi connectivity index (χ1n) is 35.2. The van der Waals surface area contributed by atoms with Gasteiger partial charge in [-0.2, -0.15) is 0 Å². The largest absolute Gasteiger partial charge is 0.462 e. The zero-order valence-corrected chi connectivity index (χ0v) is 54.2. The van der Waals surface area contributed by atoms with Gasteiger partial charge in [0.25, 0.3) is 0 Å². The third kappa shape index (κ3) is 67.1. The second-order valence-corrected chi connectivity index (χ2v) is 23.4. The van der Waals surface area contributed by atoms with Gasteiger partial charge >= 0.3 is 17.9 Å². The highest BCUT2D eigenvalue weighted by Crippen LogP contribution is 2.17. The van der Waals surface area contributed by atoms with Crippen molar-refractivity contribution >= 4 is 17.9 Å². The maximum absolute atomic E-state index is 13.0. The molecule has 0 N–H and O–H groups in total. The monoisotopic (exact) mass is 1140 g/mol. The molecule has 0 aliphatic heterocycles. The molecule has 0 aromatic rings. The van der Waals surface area contributed by atoms with E-state index in [4.69, 9.17) is 14.2 Å². The van der Waals surface area contributed by atoms with Gasteiger partial charge in [-0.05, 0) is 122 Å². The number of allylic oxidation sites excluding steroid dienone is 16. The van der Waals surface area contributed by atoms with Crippen LogP contribution in [0.25, 0.3) is 0 Å². The number of rotatable bonds is 64. The second kappa shape index (κ2) is 69.8. The van der Waals surface area contributed by atoms with Crippen LogP contribution in [0.4, 0.5) is 0 Å². The molecule has 1 unspecified atom stereocenters. The van der Waals surface area contributed by atoms with Gasteiger partial charge in [-0.25, -0.2) is 0 Å². The lowest BCUT2D eigenvalue weighted by Gasteiger charge is -2.18. The van der Waals surface area contributed by atoms with Crippen molar-refractivity contribution in [2.24, 2.45) is 0 Å². The molecule has 82 heavy (non-hydrogen) atoms. The molecule has 0 aromatic heterocycles. The van der Waals surface area contributed by atoms with Gasteiger partial charge in [0.15, 0.2) is 6.10 Å². The molecule has 0 aromatic carbocycles. The van der Waals surface area contributed by atoms with Gasteiger partial charge in [0.05, 0.1) is 0 Å². The van der Waals surface area contributed by atoms with E-state index >= 15 is 0 Å². The van der Waals surface area contributed by atoms with E-state index in [-0.39, 0.29) is 31.1 Å². The quantitative estimate of drug-likeness (QED) is 0.0261. The summed E-state index contributed by atoms with van der Waals surface area (Å²) in [5.74, 6) is -0.896. The lowest BCUT2D eigenvalue weighted by Crippen LogP contribution is -2.30. The molecular weight excluding hydrogens is 1010 g/mol. The minimum Gasteiger partial charge on any atom is -0.462 e. The molecule has 0 spiro atoms. The van der Waals surface area contributed by atoms with Crippen molar-refractivity contribution in [3.63, 3.8) is 0 Å². The topological polar surface area (TPSA) is 78.9 Å². The average molecular weight is 1140 g/mol. The van der Waals surface area contributed by atoms with Crippen molar-refractivity contribution in [1.82, 2.24) is 0 Å². The minimum atomic E-state index is -0.792. The molecule has 6 nitrogen and oxygen atoms in total. The first kappa shape index (κ1) is 78.3. The predicted octanol–water partition coefficient (Wildman–Crippen LogP) is 24.4. The molecule has 0 radical (unpaired) electrons. The van der Waals surface area contributed by atoms with Gasteiger partial charge in [-0.3, -0.25) is 14.4 Å². The summed E-state index contributed by atoms with van der Waals surface area (Å²) >= 11 is 0. The summed E-state index contributed by atoms with van der Waals surface area (Å²) in [6.45, 7) is 6.53. The maximum atomic E-state index is 13.0. The molecule has 0 saturated heterocycles. The fourth-order valence-electron chi connectivity index (χ4n) is 10.0. The lowest BCUT2D eigenvalue weighted by atomic mass is 10.0. The Kier molecular flexibility index (Phi) is 66.7. The van der Waals surface area contributed by atoms with E-state index in [2.05, 4.69) is 118 Å². The van der Waals surface area contributed by atoms with Crippen LogP contribution >= 0.6 is 0 Å². The first-order valence-corrected chi connectivity index (χ1v) is 35.2. The van der Waals surface area contributed by atoms with Crippen molar-refractivity contribution in [2.75, 3.05) is 13.2 Å². The second-order valence-electron chi connectivity index (χ2n) is 23.4. The molecule has 0 fully saturated rings. The van der Waals surface area contributed by atoms with Gasteiger partial charge < -0.3 is 14.2 Å². The summed E-state index contributed by atoms with van der Waals surface area (Å²) in [5, 5.41) is 0. The summed E-state index contributed by atoms with van der Waals surface area (Å²) in [6.07, 6.45) is 94.2. The van der Waals surface area contributed by atoms with E-state index in [1.54, 1.807) is 0 Å². The highest BCUT2D eigenvalue weighted by Gasteiger charge is 2.19. The number of ether oxygens (including phenoxy) is 3. The summed E-state index contributed by atoms with van der Waals surface area (Å²) < 4.78 is 17.0. The smallest absolute Gasteiger partial charge is 0.306 e. The maximum Gasteiger partial charge on any atom is 0.306 e. The standard InChI is InChI=1S/C76H132O6/c1-4-7-10-13-16-19-22-25-28-31-33-35-37-38-40-41-43-45-48-51-54-57-60-63-66-69-75(78)81-72-73(71-80-74(77)68-65-62-59-56-53-50-47-30-27-24-21-18-15-12-9-6-3)82-76(79)70-67-64-61-58-55-52-49-46-44-42-39-36-34-32-29-26-23-20-17-14-11-8-5-2/h8,11,17,20-21,24,26,29-31,33-34,36,42,44,47,73H,4-7,9-10,12-16,18-19,22-23,25,27-28,32,35,37-41,43,45-46,48-72H2,1-3H3/b11-8-,20-17-,24-21-,29-26-,33-31-,36-34-,44-42-,47-30-. The SMILES string of the molecule is CC/C=C\C/C=C\C/C=C\C/C=C\C/C=C\CCCCCCCCCC(=O)OC(COC(=O)CCCCCCC/C=C\C/C=C\CCCCCC)COC(=O)CCCCCCCCCCCCCCC/C=C\CCCCCCCCCC. The van der Waals surface area contributed by atoms with Crippen molar-refractivity contribution in [3.8, 4) is 0 Å². The molecule has 0 aliphatic carbocycles. The summed E-state index contributed by atoms with van der Waals surface area (Å²) in [4.78, 5) is 38.5. The zero-order chi connectivity index (χ0) is 59.2. The summed E-state index contributed by atoms with van der Waals surface area (Å²) in [6, 6.07) is 0. The third-order valence-electron chi connectivity index (χ3n) is 15.3. The molecule has 472 valence electrons. The fraction of sp³-hybridized carbons (Fsp3) is 0.750. The van der Waals surface area contributed by atoms with E-state index in [9.17, 15) is 14.4 Å². The van der Waals surface area contributed by atoms with Crippen LogP contribution < -0.4 is 0 Å². The number of hydrogen-bond donors (Lipinski definition) is 0. The Bertz CT molecular complexity index is 1590. The van der Waals surface area contributed by atoms with Crippen LogP contribution in [0, 0.1) is 0 Å². The van der Waals surface area contributed by atoms with E-state index in [1.165, 1.54) is 193 Å².